The number of aliphatic hydroxyl groups excluding tert-OH is 1. The van der Waals surface area contributed by atoms with Crippen LogP contribution < -0.4 is 4.74 Å². The molecule has 190 valence electrons. The molecule has 0 saturated carbocycles. The number of carboxylic acid groups (broad SMARTS) is 1. The average molecular weight is 480 g/mol. The summed E-state index contributed by atoms with van der Waals surface area (Å²) in [6.45, 7) is 8.63. The van der Waals surface area contributed by atoms with E-state index in [1.165, 1.54) is 44.1 Å². The van der Waals surface area contributed by atoms with Crippen molar-refractivity contribution >= 4 is 16.9 Å². The fourth-order valence-electron chi connectivity index (χ4n) is 4.81. The summed E-state index contributed by atoms with van der Waals surface area (Å²) in [5.74, 6) is -0.216. The van der Waals surface area contributed by atoms with Gasteiger partial charge in [-0.15, -0.1) is 0 Å². The summed E-state index contributed by atoms with van der Waals surface area (Å²) < 4.78 is 7.82. The molecule has 0 aliphatic rings. The molecule has 0 amide bonds. The first-order valence-electron chi connectivity index (χ1n) is 13.0. The number of carbonyl (C=O) groups is 1. The predicted molar refractivity (Wildman–Crippen MR) is 143 cm³/mol. The number of nitrogens with zero attached hydrogens (tertiary/aromatic N) is 1. The van der Waals surface area contributed by atoms with Crippen molar-refractivity contribution in [2.24, 2.45) is 0 Å². The van der Waals surface area contributed by atoms with E-state index in [4.69, 9.17) is 4.74 Å². The fourth-order valence-corrected chi connectivity index (χ4v) is 4.81. The molecule has 3 aromatic rings. The Labute approximate surface area is 209 Å². The van der Waals surface area contributed by atoms with Crippen molar-refractivity contribution in [3.05, 3.63) is 65.4 Å². The summed E-state index contributed by atoms with van der Waals surface area (Å²) in [5.41, 5.74) is 2.74. The highest BCUT2D eigenvalue weighted by atomic mass is 16.5. The van der Waals surface area contributed by atoms with Crippen LogP contribution in [-0.4, -0.2) is 33.5 Å². The van der Waals surface area contributed by atoms with Gasteiger partial charge in [0.25, 0.3) is 0 Å². The lowest BCUT2D eigenvalue weighted by atomic mass is 9.88. The summed E-state index contributed by atoms with van der Waals surface area (Å²) in [4.78, 5) is 12.1. The zero-order valence-electron chi connectivity index (χ0n) is 21.7. The van der Waals surface area contributed by atoms with E-state index in [0.717, 1.165) is 17.7 Å². The van der Waals surface area contributed by atoms with Crippen LogP contribution in [0.5, 0.6) is 5.75 Å². The molecule has 3 rings (SSSR count). The first-order valence-corrected chi connectivity index (χ1v) is 13.0. The third kappa shape index (κ3) is 7.11. The van der Waals surface area contributed by atoms with Crippen LogP contribution in [-0.2, 0) is 18.4 Å². The summed E-state index contributed by atoms with van der Waals surface area (Å²) >= 11 is 0. The number of benzene rings is 2. The van der Waals surface area contributed by atoms with Crippen LogP contribution in [0.3, 0.4) is 0 Å². The predicted octanol–water partition coefficient (Wildman–Crippen LogP) is 6.98. The first kappa shape index (κ1) is 26.8. The molecule has 5 nitrogen and oxygen atoms in total. The molecule has 0 radical (unpaired) electrons. The van der Waals surface area contributed by atoms with Crippen LogP contribution in [0.4, 0.5) is 0 Å². The van der Waals surface area contributed by atoms with E-state index in [0.29, 0.717) is 16.6 Å². The second kappa shape index (κ2) is 12.3. The Morgan fingerprint density at radius 3 is 2.29 bits per heavy atom. The quantitative estimate of drug-likeness (QED) is 0.259. The van der Waals surface area contributed by atoms with Crippen molar-refractivity contribution in [3.63, 3.8) is 0 Å². The molecular formula is C30H41NO4. The van der Waals surface area contributed by atoms with Crippen molar-refractivity contribution in [2.75, 3.05) is 6.61 Å². The minimum atomic E-state index is -0.948. The van der Waals surface area contributed by atoms with Gasteiger partial charge in [-0.1, -0.05) is 90.1 Å². The largest absolute Gasteiger partial charge is 0.491 e. The van der Waals surface area contributed by atoms with Crippen molar-refractivity contribution in [3.8, 4) is 5.75 Å². The molecule has 1 unspecified atom stereocenters. The lowest BCUT2D eigenvalue weighted by molar-refractivity contribution is 0.0693. The number of hydrogen-bond acceptors (Lipinski definition) is 3. The number of para-hydroxylation sites is 1. The van der Waals surface area contributed by atoms with Gasteiger partial charge in [0.05, 0.1) is 12.1 Å². The average Bonchev–Trinajstić information content (AvgIpc) is 3.16. The Morgan fingerprint density at radius 2 is 1.63 bits per heavy atom. The molecule has 0 aliphatic heterocycles. The molecule has 0 saturated heterocycles. The molecule has 0 fully saturated rings. The van der Waals surface area contributed by atoms with Crippen molar-refractivity contribution in [1.29, 1.82) is 0 Å². The van der Waals surface area contributed by atoms with E-state index < -0.39 is 17.5 Å². The molecule has 1 aromatic heterocycles. The molecule has 0 spiro atoms. The van der Waals surface area contributed by atoms with E-state index in [-0.39, 0.29) is 13.2 Å². The van der Waals surface area contributed by atoms with Gasteiger partial charge < -0.3 is 19.5 Å². The monoisotopic (exact) mass is 479 g/mol. The number of fused-ring (bicyclic) bond motifs is 1. The highest BCUT2D eigenvalue weighted by Gasteiger charge is 2.30. The normalized spacial score (nSPS) is 12.7. The second-order valence-electron chi connectivity index (χ2n) is 10.5. The summed E-state index contributed by atoms with van der Waals surface area (Å²) in [7, 11) is 0. The number of ether oxygens (including phenoxy) is 1. The zero-order valence-corrected chi connectivity index (χ0v) is 21.7. The van der Waals surface area contributed by atoms with Gasteiger partial charge in [-0.3, -0.25) is 0 Å². The highest BCUT2D eigenvalue weighted by molar-refractivity contribution is 6.05. The van der Waals surface area contributed by atoms with Crippen molar-refractivity contribution in [1.82, 2.24) is 4.57 Å². The molecule has 1 heterocycles. The van der Waals surface area contributed by atoms with E-state index >= 15 is 0 Å². The van der Waals surface area contributed by atoms with Gasteiger partial charge in [-0.25, -0.2) is 4.79 Å². The molecular weight excluding hydrogens is 438 g/mol. The number of aromatic carboxylic acids is 1. The number of aliphatic hydroxyl groups is 1. The highest BCUT2D eigenvalue weighted by Crippen LogP contribution is 2.35. The summed E-state index contributed by atoms with van der Waals surface area (Å²) in [5, 5.41) is 21.5. The smallest absolute Gasteiger partial charge is 0.338 e. The molecule has 1 atom stereocenters. The van der Waals surface area contributed by atoms with E-state index in [1.54, 1.807) is 0 Å². The van der Waals surface area contributed by atoms with Gasteiger partial charge in [-0.2, -0.15) is 0 Å². The molecule has 0 bridgehead atoms. The Balaban J connectivity index is 1.63. The second-order valence-corrected chi connectivity index (χ2v) is 10.5. The van der Waals surface area contributed by atoms with E-state index in [2.05, 4.69) is 19.1 Å². The van der Waals surface area contributed by atoms with Gasteiger partial charge in [0.15, 0.2) is 0 Å². The lowest BCUT2D eigenvalue weighted by Crippen LogP contribution is -2.28. The molecule has 35 heavy (non-hydrogen) atoms. The van der Waals surface area contributed by atoms with Gasteiger partial charge >= 0.3 is 5.97 Å². The minimum Gasteiger partial charge on any atom is -0.491 e. The number of carboxylic acids is 1. The molecule has 2 N–H and O–H groups in total. The maximum atomic E-state index is 12.1. The maximum absolute atomic E-state index is 12.1. The van der Waals surface area contributed by atoms with Crippen molar-refractivity contribution in [2.45, 2.75) is 90.7 Å². The van der Waals surface area contributed by atoms with Gasteiger partial charge in [0.1, 0.15) is 18.5 Å². The van der Waals surface area contributed by atoms with Crippen LogP contribution in [0.1, 0.15) is 87.8 Å². The molecule has 2 aromatic carbocycles. The Hall–Kier alpha value is -2.79. The Kier molecular flexibility index (Phi) is 9.39. The maximum Gasteiger partial charge on any atom is 0.338 e. The SMILES string of the molecule is CCCCCCCCc1ccc(OCC(O)Cn2c(C(C)(C)C)c(C(=O)O)c3ccccc32)cc1. The minimum absolute atomic E-state index is 0.134. The third-order valence-electron chi connectivity index (χ3n) is 6.47. The van der Waals surface area contributed by atoms with Gasteiger partial charge in [0, 0.05) is 22.0 Å². The van der Waals surface area contributed by atoms with Crippen LogP contribution >= 0.6 is 0 Å². The summed E-state index contributed by atoms with van der Waals surface area (Å²) in [6.07, 6.45) is 8.04. The van der Waals surface area contributed by atoms with Crippen LogP contribution in [0.25, 0.3) is 10.9 Å². The van der Waals surface area contributed by atoms with E-state index in [9.17, 15) is 15.0 Å². The van der Waals surface area contributed by atoms with Crippen LogP contribution in [0.15, 0.2) is 48.5 Å². The zero-order chi connectivity index (χ0) is 25.4. The Bertz CT molecular complexity index is 1090. The molecule has 0 aliphatic carbocycles. The van der Waals surface area contributed by atoms with E-state index in [1.807, 2.05) is 61.7 Å². The standard InChI is InChI=1S/C30H41NO4/c1-5-6-7-8-9-10-13-22-16-18-24(19-17-22)35-21-23(32)20-31-26-15-12-11-14-25(26)27(29(33)34)28(31)30(2,3)4/h11-12,14-19,23,32H,5-10,13,20-21H2,1-4H3,(H,33,34). The number of aromatic nitrogens is 1. The number of hydrogen-bond donors (Lipinski definition) is 2. The summed E-state index contributed by atoms with van der Waals surface area (Å²) in [6, 6.07) is 15.6. The van der Waals surface area contributed by atoms with Crippen LogP contribution in [0.2, 0.25) is 0 Å². The number of aryl methyl sites for hydroxylation is 1. The number of rotatable bonds is 13. The molecule has 5 heteroatoms. The van der Waals surface area contributed by atoms with Crippen LogP contribution in [0, 0.1) is 0 Å². The Morgan fingerprint density at radius 1 is 0.971 bits per heavy atom. The lowest BCUT2D eigenvalue weighted by Gasteiger charge is -2.25. The first-order chi connectivity index (χ1) is 16.7. The van der Waals surface area contributed by atoms with Gasteiger partial charge in [0.2, 0.25) is 0 Å². The van der Waals surface area contributed by atoms with Gasteiger partial charge in [-0.05, 0) is 36.6 Å². The number of unbranched alkanes of at least 4 members (excludes halogenated alkanes) is 5. The third-order valence-corrected chi connectivity index (χ3v) is 6.47. The fraction of sp³-hybridized carbons (Fsp3) is 0.500. The topological polar surface area (TPSA) is 71.7 Å². The van der Waals surface area contributed by atoms with Crippen molar-refractivity contribution < 1.29 is 19.7 Å².